The minimum absolute atomic E-state index is 0.275. The average Bonchev–Trinajstić information content (AvgIpc) is 2.79. The Kier molecular flexibility index (Phi) is 4.62. The van der Waals surface area contributed by atoms with Gasteiger partial charge in [-0.3, -0.25) is 0 Å². The van der Waals surface area contributed by atoms with Crippen molar-refractivity contribution in [2.45, 2.75) is 13.5 Å². The van der Waals surface area contributed by atoms with E-state index in [-0.39, 0.29) is 5.82 Å². The van der Waals surface area contributed by atoms with Crippen LogP contribution in [-0.2, 0) is 6.54 Å². The molecule has 6 heteroatoms. The molecule has 0 amide bonds. The van der Waals surface area contributed by atoms with Gasteiger partial charge in [0, 0.05) is 34.8 Å². The molecule has 3 aromatic carbocycles. The smallest absolute Gasteiger partial charge is 0.336 e. The quantitative estimate of drug-likeness (QED) is 0.425. The minimum Gasteiger partial charge on any atom is -0.497 e. The van der Waals surface area contributed by atoms with Gasteiger partial charge in [0.2, 0.25) is 0 Å². The Morgan fingerprint density at radius 3 is 2.48 bits per heavy atom. The van der Waals surface area contributed by atoms with Crippen molar-refractivity contribution in [3.8, 4) is 22.6 Å². The summed E-state index contributed by atoms with van der Waals surface area (Å²) in [5, 5.41) is 0.838. The normalized spacial score (nSPS) is 13.1. The van der Waals surface area contributed by atoms with E-state index in [1.54, 1.807) is 19.2 Å². The molecule has 31 heavy (non-hydrogen) atoms. The number of aryl methyl sites for hydroxylation is 1. The molecule has 0 radical (unpaired) electrons. The Bertz CT molecular complexity index is 1330. The molecule has 2 heterocycles. The molecule has 1 aliphatic rings. The predicted molar refractivity (Wildman–Crippen MR) is 117 cm³/mol. The van der Waals surface area contributed by atoms with E-state index in [1.807, 2.05) is 42.2 Å². The first-order valence-electron chi connectivity index (χ1n) is 9.91. The van der Waals surface area contributed by atoms with Crippen LogP contribution in [0.1, 0.15) is 11.1 Å². The van der Waals surface area contributed by atoms with E-state index < -0.39 is 5.63 Å². The van der Waals surface area contributed by atoms with Crippen LogP contribution in [0, 0.1) is 12.7 Å². The lowest BCUT2D eigenvalue weighted by Gasteiger charge is -2.32. The number of benzene rings is 3. The number of halogens is 1. The highest BCUT2D eigenvalue weighted by atomic mass is 19.1. The number of nitrogens with zero attached hydrogens (tertiary/aromatic N) is 1. The lowest BCUT2D eigenvalue weighted by molar-refractivity contribution is 0.287. The monoisotopic (exact) mass is 417 g/mol. The number of hydrogen-bond acceptors (Lipinski definition) is 5. The molecule has 0 saturated carbocycles. The van der Waals surface area contributed by atoms with Crippen molar-refractivity contribution in [2.75, 3.05) is 18.7 Å². The van der Waals surface area contributed by atoms with Gasteiger partial charge < -0.3 is 18.8 Å². The molecule has 5 rings (SSSR count). The summed E-state index contributed by atoms with van der Waals surface area (Å²) in [6, 6.07) is 17.4. The van der Waals surface area contributed by atoms with Crippen LogP contribution in [0.25, 0.3) is 22.1 Å². The van der Waals surface area contributed by atoms with Crippen molar-refractivity contribution in [1.29, 1.82) is 0 Å². The van der Waals surface area contributed by atoms with Crippen molar-refractivity contribution in [3.05, 3.63) is 88.0 Å². The lowest BCUT2D eigenvalue weighted by Crippen LogP contribution is -2.32. The molecule has 0 spiro atoms. The zero-order valence-electron chi connectivity index (χ0n) is 17.1. The first-order chi connectivity index (χ1) is 15.0. The summed E-state index contributed by atoms with van der Waals surface area (Å²) in [7, 11) is 1.62. The maximum atomic E-state index is 13.3. The second-order valence-electron chi connectivity index (χ2n) is 7.52. The van der Waals surface area contributed by atoms with Gasteiger partial charge in [0.25, 0.3) is 0 Å². The topological polar surface area (TPSA) is 51.9 Å². The number of rotatable bonds is 3. The van der Waals surface area contributed by atoms with E-state index in [9.17, 15) is 9.18 Å². The third kappa shape index (κ3) is 3.40. The van der Waals surface area contributed by atoms with Crippen LogP contribution < -0.4 is 20.0 Å². The van der Waals surface area contributed by atoms with Gasteiger partial charge in [-0.05, 0) is 60.5 Å². The van der Waals surface area contributed by atoms with Crippen LogP contribution in [0.4, 0.5) is 10.1 Å². The lowest BCUT2D eigenvalue weighted by atomic mass is 9.96. The summed E-state index contributed by atoms with van der Waals surface area (Å²) >= 11 is 0. The second-order valence-corrected chi connectivity index (χ2v) is 7.52. The van der Waals surface area contributed by atoms with Crippen LogP contribution in [-0.4, -0.2) is 13.8 Å². The van der Waals surface area contributed by atoms with Crippen LogP contribution in [0.15, 0.2) is 69.9 Å². The Morgan fingerprint density at radius 1 is 1.03 bits per heavy atom. The Morgan fingerprint density at radius 2 is 1.77 bits per heavy atom. The van der Waals surface area contributed by atoms with Gasteiger partial charge in [0.1, 0.15) is 22.9 Å². The van der Waals surface area contributed by atoms with Crippen molar-refractivity contribution in [2.24, 2.45) is 0 Å². The van der Waals surface area contributed by atoms with Gasteiger partial charge in [0.15, 0.2) is 6.73 Å². The fourth-order valence-corrected chi connectivity index (χ4v) is 4.05. The summed E-state index contributed by atoms with van der Waals surface area (Å²) < 4.78 is 30.2. The van der Waals surface area contributed by atoms with E-state index >= 15 is 0 Å². The fraction of sp³-hybridized carbons (Fsp3) is 0.160. The number of anilines is 1. The van der Waals surface area contributed by atoms with Crippen LogP contribution in [0.3, 0.4) is 0 Å². The molecular formula is C25H20FNO4. The number of methoxy groups -OCH3 is 1. The van der Waals surface area contributed by atoms with Gasteiger partial charge >= 0.3 is 5.63 Å². The number of fused-ring (bicyclic) bond motifs is 2. The maximum Gasteiger partial charge on any atom is 0.336 e. The SMILES string of the molecule is COc1ccc(-c2cc(=O)oc3c(C)c4c(cc23)CN(c2ccc(F)cc2)CO4)cc1. The van der Waals surface area contributed by atoms with Crippen LogP contribution >= 0.6 is 0 Å². The Labute approximate surface area is 178 Å². The average molecular weight is 417 g/mol. The van der Waals surface area contributed by atoms with E-state index in [0.717, 1.165) is 44.8 Å². The standard InChI is InChI=1S/C25H20FNO4/c1-15-24-17(13-27(14-30-24)19-7-5-18(26)6-8-19)11-22-21(12-23(28)31-25(15)22)16-3-9-20(29-2)10-4-16/h3-12H,13-14H2,1-2H3. The van der Waals surface area contributed by atoms with Gasteiger partial charge in [0.05, 0.1) is 7.11 Å². The third-order valence-electron chi connectivity index (χ3n) is 5.61. The molecule has 1 aromatic heterocycles. The number of ether oxygens (including phenoxy) is 2. The van der Waals surface area contributed by atoms with Crippen molar-refractivity contribution in [1.82, 2.24) is 0 Å². The zero-order valence-corrected chi connectivity index (χ0v) is 17.1. The molecule has 0 saturated heterocycles. The predicted octanol–water partition coefficient (Wildman–Crippen LogP) is 5.27. The van der Waals surface area contributed by atoms with Crippen molar-refractivity contribution < 1.29 is 18.3 Å². The fourth-order valence-electron chi connectivity index (χ4n) is 4.05. The summed E-state index contributed by atoms with van der Waals surface area (Å²) in [4.78, 5) is 14.3. The summed E-state index contributed by atoms with van der Waals surface area (Å²) in [5.74, 6) is 1.19. The molecule has 1 aliphatic heterocycles. The molecule has 0 bridgehead atoms. The van der Waals surface area contributed by atoms with Crippen molar-refractivity contribution in [3.63, 3.8) is 0 Å². The van der Waals surface area contributed by atoms with E-state index in [1.165, 1.54) is 18.2 Å². The van der Waals surface area contributed by atoms with E-state index in [4.69, 9.17) is 13.9 Å². The maximum absolute atomic E-state index is 13.3. The summed E-state index contributed by atoms with van der Waals surface area (Å²) in [5.41, 5.74) is 4.43. The zero-order chi connectivity index (χ0) is 21.5. The van der Waals surface area contributed by atoms with Crippen molar-refractivity contribution >= 4 is 16.7 Å². The first kappa shape index (κ1) is 19.2. The van der Waals surface area contributed by atoms with Gasteiger partial charge in [-0.25, -0.2) is 9.18 Å². The minimum atomic E-state index is -0.412. The first-order valence-corrected chi connectivity index (χ1v) is 9.91. The molecular weight excluding hydrogens is 397 g/mol. The molecule has 156 valence electrons. The highest BCUT2D eigenvalue weighted by Gasteiger charge is 2.23. The summed E-state index contributed by atoms with van der Waals surface area (Å²) in [6.45, 7) is 2.82. The van der Waals surface area contributed by atoms with Gasteiger partial charge in [-0.15, -0.1) is 0 Å². The molecule has 0 unspecified atom stereocenters. The second kappa shape index (κ2) is 7.47. The third-order valence-corrected chi connectivity index (χ3v) is 5.61. The Hall–Kier alpha value is -3.80. The Balaban J connectivity index is 1.64. The van der Waals surface area contributed by atoms with E-state index in [0.29, 0.717) is 18.9 Å². The molecule has 5 nitrogen and oxygen atoms in total. The van der Waals surface area contributed by atoms with E-state index in [2.05, 4.69) is 0 Å². The highest BCUT2D eigenvalue weighted by molar-refractivity contribution is 5.96. The largest absolute Gasteiger partial charge is 0.497 e. The van der Waals surface area contributed by atoms with Crippen LogP contribution in [0.2, 0.25) is 0 Å². The summed E-state index contributed by atoms with van der Waals surface area (Å²) in [6.07, 6.45) is 0. The highest BCUT2D eigenvalue weighted by Crippen LogP contribution is 2.39. The van der Waals surface area contributed by atoms with Crippen LogP contribution in [0.5, 0.6) is 11.5 Å². The molecule has 0 fully saturated rings. The van der Waals surface area contributed by atoms with Gasteiger partial charge in [-0.1, -0.05) is 12.1 Å². The molecule has 0 N–H and O–H groups in total. The molecule has 0 atom stereocenters. The van der Waals surface area contributed by atoms with Gasteiger partial charge in [-0.2, -0.15) is 0 Å². The number of hydrogen-bond donors (Lipinski definition) is 0. The molecule has 0 aliphatic carbocycles. The molecule has 4 aromatic rings.